The Morgan fingerprint density at radius 1 is 1.16 bits per heavy atom. The van der Waals surface area contributed by atoms with E-state index < -0.39 is 17.7 Å². The summed E-state index contributed by atoms with van der Waals surface area (Å²) in [6, 6.07) is 10.9. The third-order valence-electron chi connectivity index (χ3n) is 5.33. The number of nitrogens with zero attached hydrogens (tertiary/aromatic N) is 2. The minimum atomic E-state index is -0.820. The van der Waals surface area contributed by atoms with E-state index in [4.69, 9.17) is 23.2 Å². The van der Waals surface area contributed by atoms with Crippen molar-refractivity contribution in [2.75, 3.05) is 6.54 Å². The Kier molecular flexibility index (Phi) is 6.69. The van der Waals surface area contributed by atoms with Gasteiger partial charge in [0.1, 0.15) is 18.2 Å². The van der Waals surface area contributed by atoms with Crippen LogP contribution in [0.1, 0.15) is 23.6 Å². The average Bonchev–Trinajstić information content (AvgIpc) is 3.36. The smallest absolute Gasteiger partial charge is 0.295 e. The highest BCUT2D eigenvalue weighted by Gasteiger charge is 2.46. The number of aliphatic hydroxyl groups is 1. The first-order chi connectivity index (χ1) is 15.4. The number of hydrogen-bond donors (Lipinski definition) is 2. The summed E-state index contributed by atoms with van der Waals surface area (Å²) in [7, 11) is 0. The fraction of sp³-hybridized carbons (Fsp3) is 0.174. The van der Waals surface area contributed by atoms with Crippen LogP contribution in [0.25, 0.3) is 5.76 Å². The molecule has 0 spiro atoms. The second-order valence-electron chi connectivity index (χ2n) is 7.37. The number of benzene rings is 2. The lowest BCUT2D eigenvalue weighted by Gasteiger charge is -2.26. The van der Waals surface area contributed by atoms with Gasteiger partial charge in [0.05, 0.1) is 18.2 Å². The SMILES string of the molecule is O=C1C(=O)N(CCC[n+]2cc[nH]c2)C(c2ccc(Cl)cc2Cl)C1=C(O)c1ccc(Br)cc1. The number of halogens is 3. The zero-order chi connectivity index (χ0) is 22.8. The van der Waals surface area contributed by atoms with Crippen molar-refractivity contribution >= 4 is 56.6 Å². The van der Waals surface area contributed by atoms with Crippen LogP contribution in [-0.2, 0) is 16.1 Å². The molecule has 0 bridgehead atoms. The molecule has 9 heteroatoms. The van der Waals surface area contributed by atoms with E-state index >= 15 is 0 Å². The molecule has 0 radical (unpaired) electrons. The summed E-state index contributed by atoms with van der Waals surface area (Å²) in [6.45, 7) is 0.962. The summed E-state index contributed by atoms with van der Waals surface area (Å²) in [6.07, 6.45) is 6.11. The molecule has 2 N–H and O–H groups in total. The maximum Gasteiger partial charge on any atom is 0.295 e. The van der Waals surface area contributed by atoms with Crippen molar-refractivity contribution < 1.29 is 19.3 Å². The van der Waals surface area contributed by atoms with Gasteiger partial charge in [-0.1, -0.05) is 57.3 Å². The van der Waals surface area contributed by atoms with Gasteiger partial charge in [0.2, 0.25) is 6.33 Å². The molecule has 1 amide bonds. The largest absolute Gasteiger partial charge is 0.507 e. The number of aromatic amines is 1. The van der Waals surface area contributed by atoms with Gasteiger partial charge in [0, 0.05) is 33.0 Å². The summed E-state index contributed by atoms with van der Waals surface area (Å²) in [4.78, 5) is 30.5. The number of aryl methyl sites for hydroxylation is 1. The normalized spacial score (nSPS) is 17.8. The topological polar surface area (TPSA) is 77.3 Å². The Labute approximate surface area is 203 Å². The van der Waals surface area contributed by atoms with Crippen molar-refractivity contribution in [2.24, 2.45) is 0 Å². The number of carbonyl (C=O) groups excluding carboxylic acids is 2. The molecule has 4 rings (SSSR count). The van der Waals surface area contributed by atoms with E-state index in [1.165, 1.54) is 4.90 Å². The van der Waals surface area contributed by atoms with Crippen molar-refractivity contribution in [2.45, 2.75) is 19.0 Å². The highest BCUT2D eigenvalue weighted by Crippen LogP contribution is 2.42. The van der Waals surface area contributed by atoms with Crippen LogP contribution >= 0.6 is 39.1 Å². The van der Waals surface area contributed by atoms with Crippen LogP contribution in [0.5, 0.6) is 0 Å². The number of hydrogen-bond acceptors (Lipinski definition) is 3. The van der Waals surface area contributed by atoms with Gasteiger partial charge in [-0.15, -0.1) is 0 Å². The summed E-state index contributed by atoms with van der Waals surface area (Å²) in [5, 5.41) is 11.8. The fourth-order valence-corrected chi connectivity index (χ4v) is 4.58. The summed E-state index contributed by atoms with van der Waals surface area (Å²) < 4.78 is 2.77. The van der Waals surface area contributed by atoms with E-state index in [1.807, 2.05) is 17.1 Å². The number of aliphatic hydroxyl groups excluding tert-OH is 1. The Balaban J connectivity index is 1.76. The van der Waals surface area contributed by atoms with Gasteiger partial charge >= 0.3 is 0 Å². The first-order valence-corrected chi connectivity index (χ1v) is 11.4. The molecule has 32 heavy (non-hydrogen) atoms. The molecule has 1 fully saturated rings. The summed E-state index contributed by atoms with van der Waals surface area (Å²) >= 11 is 15.9. The molecule has 3 aromatic rings. The molecule has 164 valence electrons. The molecule has 0 aliphatic carbocycles. The first-order valence-electron chi connectivity index (χ1n) is 9.88. The van der Waals surface area contributed by atoms with Crippen molar-refractivity contribution in [3.8, 4) is 0 Å². The predicted octanol–water partition coefficient (Wildman–Crippen LogP) is 4.88. The number of aromatic nitrogens is 2. The Bertz CT molecular complexity index is 1190. The van der Waals surface area contributed by atoms with E-state index in [-0.39, 0.29) is 11.3 Å². The van der Waals surface area contributed by atoms with E-state index in [1.54, 1.807) is 48.7 Å². The molecule has 0 saturated carbocycles. The van der Waals surface area contributed by atoms with Crippen LogP contribution in [0.2, 0.25) is 10.0 Å². The van der Waals surface area contributed by atoms with Crippen LogP contribution in [-0.4, -0.2) is 33.2 Å². The molecule has 6 nitrogen and oxygen atoms in total. The number of Topliss-reactive ketones (excluding diaryl/α,β-unsaturated/α-hetero) is 1. The van der Waals surface area contributed by atoms with E-state index in [2.05, 4.69) is 20.9 Å². The number of imidazole rings is 1. The number of amides is 1. The predicted molar refractivity (Wildman–Crippen MR) is 125 cm³/mol. The molecule has 1 aromatic heterocycles. The quantitative estimate of drug-likeness (QED) is 0.204. The van der Waals surface area contributed by atoms with E-state index in [9.17, 15) is 14.7 Å². The minimum Gasteiger partial charge on any atom is -0.507 e. The van der Waals surface area contributed by atoms with Gasteiger partial charge in [0.25, 0.3) is 11.7 Å². The average molecular weight is 536 g/mol. The van der Waals surface area contributed by atoms with E-state index in [0.29, 0.717) is 40.7 Å². The van der Waals surface area contributed by atoms with Crippen molar-refractivity contribution in [3.05, 3.63) is 92.4 Å². The molecule has 2 aromatic carbocycles. The molecule has 2 heterocycles. The van der Waals surface area contributed by atoms with Crippen molar-refractivity contribution in [1.29, 1.82) is 0 Å². The number of rotatable bonds is 6. The second-order valence-corrected chi connectivity index (χ2v) is 9.13. The summed E-state index contributed by atoms with van der Waals surface area (Å²) in [5.74, 6) is -1.65. The molecule has 1 unspecified atom stereocenters. The fourth-order valence-electron chi connectivity index (χ4n) is 3.80. The first kappa shape index (κ1) is 22.6. The van der Waals surface area contributed by atoms with Crippen LogP contribution in [0.4, 0.5) is 0 Å². The number of H-pyrrole nitrogens is 1. The zero-order valence-electron chi connectivity index (χ0n) is 16.8. The van der Waals surface area contributed by atoms with Gasteiger partial charge in [-0.2, -0.15) is 0 Å². The van der Waals surface area contributed by atoms with Crippen LogP contribution in [0.3, 0.4) is 0 Å². The van der Waals surface area contributed by atoms with Crippen molar-refractivity contribution in [1.82, 2.24) is 9.88 Å². The van der Waals surface area contributed by atoms with Gasteiger partial charge in [-0.3, -0.25) is 14.6 Å². The lowest BCUT2D eigenvalue weighted by molar-refractivity contribution is -0.695. The molecular weight excluding hydrogens is 517 g/mol. The van der Waals surface area contributed by atoms with Gasteiger partial charge in [-0.05, 0) is 29.8 Å². The summed E-state index contributed by atoms with van der Waals surface area (Å²) in [5.41, 5.74) is 0.975. The minimum absolute atomic E-state index is 0.0100. The van der Waals surface area contributed by atoms with E-state index in [0.717, 1.165) is 4.47 Å². The number of carbonyl (C=O) groups is 2. The lowest BCUT2D eigenvalue weighted by Crippen LogP contribution is -2.36. The molecular formula is C23H19BrCl2N3O3+. The highest BCUT2D eigenvalue weighted by molar-refractivity contribution is 9.10. The Morgan fingerprint density at radius 3 is 2.56 bits per heavy atom. The van der Waals surface area contributed by atoms with Crippen LogP contribution in [0, 0.1) is 0 Å². The lowest BCUT2D eigenvalue weighted by atomic mass is 9.95. The van der Waals surface area contributed by atoms with Gasteiger partial charge < -0.3 is 10.0 Å². The molecule has 1 saturated heterocycles. The molecule has 1 atom stereocenters. The van der Waals surface area contributed by atoms with Crippen molar-refractivity contribution in [3.63, 3.8) is 0 Å². The maximum atomic E-state index is 13.1. The standard InChI is InChI=1S/C23H18BrCl2N3O3/c24-15-4-2-14(3-5-15)21(30)19-20(17-7-6-16(25)12-18(17)26)29(23(32)22(19)31)10-1-9-28-11-8-27-13-28/h2-8,11-13,20H,1,9-10H2,(H,30,31)/p+1. The highest BCUT2D eigenvalue weighted by atomic mass is 79.9. The zero-order valence-corrected chi connectivity index (χ0v) is 19.9. The third kappa shape index (κ3) is 4.46. The van der Waals surface area contributed by atoms with Gasteiger partial charge in [-0.25, -0.2) is 4.57 Å². The van der Waals surface area contributed by atoms with Gasteiger partial charge in [0.15, 0.2) is 0 Å². The second kappa shape index (κ2) is 9.48. The molecule has 1 aliphatic rings. The Hall–Kier alpha value is -2.61. The maximum absolute atomic E-state index is 13.1. The number of likely N-dealkylation sites (tertiary alicyclic amines) is 1. The van der Waals surface area contributed by atoms with Crippen LogP contribution < -0.4 is 4.57 Å². The third-order valence-corrected chi connectivity index (χ3v) is 6.42. The monoisotopic (exact) mass is 534 g/mol. The number of ketones is 1. The molecule has 1 aliphatic heterocycles. The number of nitrogens with one attached hydrogen (secondary N) is 1. The van der Waals surface area contributed by atoms with Crippen LogP contribution in [0.15, 0.2) is 71.2 Å². The Morgan fingerprint density at radius 2 is 1.91 bits per heavy atom.